The molecule has 1 aromatic rings. The van der Waals surface area contributed by atoms with Crippen molar-refractivity contribution in [3.05, 3.63) is 35.4 Å². The SMILES string of the molecule is CC1(C)C2OCCCC2C1(N)C(=O)N1CCc2ccccc2C1.Cl. The van der Waals surface area contributed by atoms with E-state index in [0.717, 1.165) is 32.4 Å². The van der Waals surface area contributed by atoms with Crippen LogP contribution >= 0.6 is 12.4 Å². The Morgan fingerprint density at radius 2 is 2.00 bits per heavy atom. The van der Waals surface area contributed by atoms with E-state index >= 15 is 0 Å². The summed E-state index contributed by atoms with van der Waals surface area (Å²) in [5.74, 6) is 0.277. The molecule has 1 aromatic carbocycles. The summed E-state index contributed by atoms with van der Waals surface area (Å²) < 4.78 is 5.93. The van der Waals surface area contributed by atoms with Crippen molar-refractivity contribution in [1.29, 1.82) is 0 Å². The molecule has 4 nitrogen and oxygen atoms in total. The summed E-state index contributed by atoms with van der Waals surface area (Å²) in [6.45, 7) is 6.43. The van der Waals surface area contributed by atoms with Crippen LogP contribution in [0.4, 0.5) is 0 Å². The lowest BCUT2D eigenvalue weighted by atomic mass is 9.46. The fraction of sp³-hybridized carbons (Fsp3) is 0.632. The maximum Gasteiger partial charge on any atom is 0.244 e. The van der Waals surface area contributed by atoms with Gasteiger partial charge >= 0.3 is 0 Å². The van der Waals surface area contributed by atoms with Gasteiger partial charge in [-0.3, -0.25) is 4.79 Å². The van der Waals surface area contributed by atoms with E-state index in [9.17, 15) is 4.79 Å². The van der Waals surface area contributed by atoms with Crippen molar-refractivity contribution < 1.29 is 9.53 Å². The molecule has 2 fully saturated rings. The number of carbonyl (C=O) groups excluding carboxylic acids is 1. The molecule has 3 unspecified atom stereocenters. The molecule has 1 amide bonds. The monoisotopic (exact) mass is 350 g/mol. The number of hydrogen-bond acceptors (Lipinski definition) is 3. The van der Waals surface area contributed by atoms with Gasteiger partial charge in [0.2, 0.25) is 5.91 Å². The predicted octanol–water partition coefficient (Wildman–Crippen LogP) is 2.53. The van der Waals surface area contributed by atoms with Gasteiger partial charge in [0.1, 0.15) is 5.54 Å². The maximum atomic E-state index is 13.3. The van der Waals surface area contributed by atoms with E-state index in [1.54, 1.807) is 0 Å². The molecule has 3 atom stereocenters. The van der Waals surface area contributed by atoms with Crippen molar-refractivity contribution in [2.75, 3.05) is 13.2 Å². The van der Waals surface area contributed by atoms with Gasteiger partial charge in [-0.2, -0.15) is 0 Å². The average Bonchev–Trinajstić information content (AvgIpc) is 2.60. The molecule has 1 aliphatic carbocycles. The first-order chi connectivity index (χ1) is 11.0. The first-order valence-corrected chi connectivity index (χ1v) is 8.73. The lowest BCUT2D eigenvalue weighted by Crippen LogP contribution is -2.82. The summed E-state index contributed by atoms with van der Waals surface area (Å²) in [6.07, 6.45) is 3.05. The minimum atomic E-state index is -0.787. The van der Waals surface area contributed by atoms with Crippen molar-refractivity contribution in [2.24, 2.45) is 17.1 Å². The number of halogens is 1. The van der Waals surface area contributed by atoms with Gasteiger partial charge in [-0.15, -0.1) is 12.4 Å². The lowest BCUT2D eigenvalue weighted by Gasteiger charge is -2.65. The van der Waals surface area contributed by atoms with Gasteiger partial charge in [-0.1, -0.05) is 38.1 Å². The highest BCUT2D eigenvalue weighted by Crippen LogP contribution is 2.58. The maximum absolute atomic E-state index is 13.3. The predicted molar refractivity (Wildman–Crippen MR) is 96.0 cm³/mol. The number of nitrogens with zero attached hydrogens (tertiary/aromatic N) is 1. The largest absolute Gasteiger partial charge is 0.377 e. The van der Waals surface area contributed by atoms with Gasteiger partial charge in [0.15, 0.2) is 0 Å². The minimum Gasteiger partial charge on any atom is -0.377 e. The van der Waals surface area contributed by atoms with Crippen LogP contribution in [0.5, 0.6) is 0 Å². The van der Waals surface area contributed by atoms with Crippen molar-refractivity contribution in [3.8, 4) is 0 Å². The molecular weight excluding hydrogens is 324 g/mol. The smallest absolute Gasteiger partial charge is 0.244 e. The Kier molecular flexibility index (Phi) is 4.44. The summed E-state index contributed by atoms with van der Waals surface area (Å²) in [6, 6.07) is 8.40. The van der Waals surface area contributed by atoms with Gasteiger partial charge in [-0.05, 0) is 30.4 Å². The standard InChI is InChI=1S/C19H26N2O2.ClH/c1-18(2)16-15(8-5-11-23-16)19(18,20)17(22)21-10-9-13-6-3-4-7-14(13)12-21;/h3-4,6-7,15-16H,5,8-12,20H2,1-2H3;1H. The second-order valence-corrected chi connectivity index (χ2v) is 7.88. The zero-order valence-electron chi connectivity index (χ0n) is 14.5. The van der Waals surface area contributed by atoms with E-state index < -0.39 is 5.54 Å². The molecule has 0 spiro atoms. The van der Waals surface area contributed by atoms with Crippen LogP contribution < -0.4 is 5.73 Å². The van der Waals surface area contributed by atoms with Gasteiger partial charge in [-0.25, -0.2) is 0 Å². The first-order valence-electron chi connectivity index (χ1n) is 8.73. The molecule has 2 N–H and O–H groups in total. The van der Waals surface area contributed by atoms with Crippen molar-refractivity contribution in [2.45, 2.75) is 51.3 Å². The number of amides is 1. The molecule has 1 saturated heterocycles. The molecule has 0 radical (unpaired) electrons. The molecule has 24 heavy (non-hydrogen) atoms. The zero-order chi connectivity index (χ0) is 16.2. The number of carbonyl (C=O) groups is 1. The van der Waals surface area contributed by atoms with E-state index in [4.69, 9.17) is 10.5 Å². The van der Waals surface area contributed by atoms with Crippen molar-refractivity contribution >= 4 is 18.3 Å². The molecule has 0 aromatic heterocycles. The Labute approximate surface area is 150 Å². The summed E-state index contributed by atoms with van der Waals surface area (Å²) in [7, 11) is 0. The van der Waals surface area contributed by atoms with Crippen molar-refractivity contribution in [1.82, 2.24) is 4.90 Å². The number of fused-ring (bicyclic) bond motifs is 2. The highest BCUT2D eigenvalue weighted by molar-refractivity contribution is 5.89. The lowest BCUT2D eigenvalue weighted by molar-refractivity contribution is -0.230. The van der Waals surface area contributed by atoms with Gasteiger partial charge in [0.25, 0.3) is 0 Å². The van der Waals surface area contributed by atoms with E-state index in [2.05, 4.69) is 32.0 Å². The van der Waals surface area contributed by atoms with Gasteiger partial charge in [0.05, 0.1) is 6.10 Å². The van der Waals surface area contributed by atoms with E-state index in [1.807, 2.05) is 11.0 Å². The molecule has 2 heterocycles. The molecule has 2 aliphatic heterocycles. The Balaban J connectivity index is 0.00000169. The first kappa shape index (κ1) is 17.7. The molecule has 132 valence electrons. The molecule has 5 heteroatoms. The fourth-order valence-electron chi connectivity index (χ4n) is 4.94. The highest BCUT2D eigenvalue weighted by Gasteiger charge is 2.70. The highest BCUT2D eigenvalue weighted by atomic mass is 35.5. The second kappa shape index (κ2) is 6.01. The summed E-state index contributed by atoms with van der Waals surface area (Å²) >= 11 is 0. The molecular formula is C19H27ClN2O2. The van der Waals surface area contributed by atoms with Crippen LogP contribution in [-0.2, 0) is 22.5 Å². The Morgan fingerprint density at radius 3 is 2.75 bits per heavy atom. The second-order valence-electron chi connectivity index (χ2n) is 7.88. The van der Waals surface area contributed by atoms with Crippen LogP contribution in [-0.4, -0.2) is 35.6 Å². The molecule has 4 rings (SSSR count). The zero-order valence-corrected chi connectivity index (χ0v) is 15.3. The summed E-state index contributed by atoms with van der Waals surface area (Å²) in [4.78, 5) is 15.3. The third-order valence-electron chi connectivity index (χ3n) is 6.46. The molecule has 0 bridgehead atoms. The normalized spacial score (nSPS) is 33.5. The quantitative estimate of drug-likeness (QED) is 0.846. The van der Waals surface area contributed by atoms with Gasteiger partial charge < -0.3 is 15.4 Å². The van der Waals surface area contributed by atoms with Gasteiger partial charge in [0, 0.05) is 31.0 Å². The number of benzene rings is 1. The Morgan fingerprint density at radius 1 is 1.29 bits per heavy atom. The summed E-state index contributed by atoms with van der Waals surface area (Å²) in [5, 5.41) is 0. The van der Waals surface area contributed by atoms with Crippen LogP contribution in [0.1, 0.15) is 37.8 Å². The Bertz CT molecular complexity index is 648. The number of ether oxygens (including phenoxy) is 1. The number of nitrogens with two attached hydrogens (primary N) is 1. The minimum absolute atomic E-state index is 0. The van der Waals surface area contributed by atoms with E-state index in [0.29, 0.717) is 6.54 Å². The van der Waals surface area contributed by atoms with Crippen LogP contribution in [0.15, 0.2) is 24.3 Å². The van der Waals surface area contributed by atoms with Crippen LogP contribution in [0.2, 0.25) is 0 Å². The number of hydrogen-bond donors (Lipinski definition) is 1. The van der Waals surface area contributed by atoms with Crippen LogP contribution in [0.25, 0.3) is 0 Å². The van der Waals surface area contributed by atoms with Crippen LogP contribution in [0, 0.1) is 11.3 Å². The molecule has 3 aliphatic rings. The van der Waals surface area contributed by atoms with Crippen molar-refractivity contribution in [3.63, 3.8) is 0 Å². The topological polar surface area (TPSA) is 55.6 Å². The Hall–Kier alpha value is -1.10. The van der Waals surface area contributed by atoms with E-state index in [1.165, 1.54) is 11.1 Å². The van der Waals surface area contributed by atoms with Crippen LogP contribution in [0.3, 0.4) is 0 Å². The fourth-order valence-corrected chi connectivity index (χ4v) is 4.94. The number of rotatable bonds is 1. The van der Waals surface area contributed by atoms with E-state index in [-0.39, 0.29) is 35.8 Å². The third kappa shape index (κ3) is 2.23. The average molecular weight is 351 g/mol. The third-order valence-corrected chi connectivity index (χ3v) is 6.46. The summed E-state index contributed by atoms with van der Waals surface area (Å²) in [5.41, 5.74) is 8.28. The molecule has 1 saturated carbocycles.